The lowest BCUT2D eigenvalue weighted by atomic mass is 10.3. The SMILES string of the molecule is COc1cc2nc(SCC(=O)O)[nH]c2cc1OC. The van der Waals surface area contributed by atoms with Gasteiger partial charge in [-0.1, -0.05) is 11.8 Å². The number of hydrogen-bond acceptors (Lipinski definition) is 5. The van der Waals surface area contributed by atoms with Crippen molar-refractivity contribution in [3.05, 3.63) is 12.1 Å². The lowest BCUT2D eigenvalue weighted by Crippen LogP contribution is -1.97. The summed E-state index contributed by atoms with van der Waals surface area (Å²) >= 11 is 1.13. The number of ether oxygens (including phenoxy) is 2. The monoisotopic (exact) mass is 268 g/mol. The highest BCUT2D eigenvalue weighted by atomic mass is 32.2. The van der Waals surface area contributed by atoms with Crippen molar-refractivity contribution in [1.82, 2.24) is 9.97 Å². The Labute approximate surface area is 107 Å². The Hall–Kier alpha value is -1.89. The fourth-order valence-corrected chi connectivity index (χ4v) is 2.12. The Morgan fingerprint density at radius 1 is 1.39 bits per heavy atom. The first kappa shape index (κ1) is 12.6. The molecule has 0 aliphatic rings. The van der Waals surface area contributed by atoms with Gasteiger partial charge in [0.05, 0.1) is 31.0 Å². The molecule has 0 unspecified atom stereocenters. The number of aromatic amines is 1. The number of benzene rings is 1. The van der Waals surface area contributed by atoms with Gasteiger partial charge >= 0.3 is 5.97 Å². The molecule has 0 atom stereocenters. The predicted octanol–water partition coefficient (Wildman–Crippen LogP) is 1.76. The van der Waals surface area contributed by atoms with Crippen molar-refractivity contribution in [2.24, 2.45) is 0 Å². The molecule has 1 aromatic heterocycles. The van der Waals surface area contributed by atoms with E-state index in [2.05, 4.69) is 9.97 Å². The minimum Gasteiger partial charge on any atom is -0.493 e. The molecule has 0 spiro atoms. The normalized spacial score (nSPS) is 10.6. The Morgan fingerprint density at radius 2 is 2.06 bits per heavy atom. The molecule has 0 bridgehead atoms. The zero-order chi connectivity index (χ0) is 13.1. The molecule has 0 aliphatic heterocycles. The van der Waals surface area contributed by atoms with Crippen molar-refractivity contribution in [2.75, 3.05) is 20.0 Å². The molecule has 0 aliphatic carbocycles. The standard InChI is InChI=1S/C11H12N2O4S/c1-16-8-3-6-7(4-9(8)17-2)13-11(12-6)18-5-10(14)15/h3-4H,5H2,1-2H3,(H,12,13)(H,14,15). The van der Waals surface area contributed by atoms with Crippen LogP contribution in [0.15, 0.2) is 17.3 Å². The Bertz CT molecular complexity index is 541. The van der Waals surface area contributed by atoms with Crippen LogP contribution in [-0.4, -0.2) is 41.0 Å². The predicted molar refractivity (Wildman–Crippen MR) is 67.6 cm³/mol. The Kier molecular flexibility index (Phi) is 3.61. The van der Waals surface area contributed by atoms with Crippen molar-refractivity contribution in [2.45, 2.75) is 5.16 Å². The summed E-state index contributed by atoms with van der Waals surface area (Å²) in [6, 6.07) is 3.52. The van der Waals surface area contributed by atoms with Gasteiger partial charge in [0.15, 0.2) is 16.7 Å². The molecule has 1 aromatic carbocycles. The molecule has 0 saturated heterocycles. The molecule has 0 fully saturated rings. The van der Waals surface area contributed by atoms with Crippen LogP contribution in [0.25, 0.3) is 11.0 Å². The van der Waals surface area contributed by atoms with Crippen LogP contribution in [-0.2, 0) is 4.79 Å². The van der Waals surface area contributed by atoms with Gasteiger partial charge in [0, 0.05) is 12.1 Å². The van der Waals surface area contributed by atoms with Crippen LogP contribution in [0.2, 0.25) is 0 Å². The molecular formula is C11H12N2O4S. The van der Waals surface area contributed by atoms with Gasteiger partial charge in [0.1, 0.15) is 0 Å². The van der Waals surface area contributed by atoms with Crippen molar-refractivity contribution >= 4 is 28.8 Å². The van der Waals surface area contributed by atoms with E-state index in [-0.39, 0.29) is 5.75 Å². The number of thioether (sulfide) groups is 1. The average Bonchev–Trinajstić information content (AvgIpc) is 2.76. The highest BCUT2D eigenvalue weighted by Gasteiger charge is 2.10. The highest BCUT2D eigenvalue weighted by Crippen LogP contribution is 2.32. The molecule has 7 heteroatoms. The summed E-state index contributed by atoms with van der Waals surface area (Å²) in [5.74, 6) is 0.277. The molecule has 6 nitrogen and oxygen atoms in total. The van der Waals surface area contributed by atoms with E-state index >= 15 is 0 Å². The van der Waals surface area contributed by atoms with Crippen LogP contribution in [0.1, 0.15) is 0 Å². The topological polar surface area (TPSA) is 84.4 Å². The maximum absolute atomic E-state index is 10.5. The second-order valence-corrected chi connectivity index (χ2v) is 4.41. The summed E-state index contributed by atoms with van der Waals surface area (Å²) in [6.07, 6.45) is 0. The summed E-state index contributed by atoms with van der Waals surface area (Å²) in [4.78, 5) is 17.8. The van der Waals surface area contributed by atoms with Gasteiger partial charge in [-0.2, -0.15) is 0 Å². The van der Waals surface area contributed by atoms with Crippen LogP contribution in [0.3, 0.4) is 0 Å². The summed E-state index contributed by atoms with van der Waals surface area (Å²) in [5.41, 5.74) is 1.49. The number of methoxy groups -OCH3 is 2. The highest BCUT2D eigenvalue weighted by molar-refractivity contribution is 7.99. The fourth-order valence-electron chi connectivity index (χ4n) is 1.51. The van der Waals surface area contributed by atoms with Gasteiger partial charge in [-0.3, -0.25) is 4.79 Å². The van der Waals surface area contributed by atoms with E-state index in [0.29, 0.717) is 22.2 Å². The number of H-pyrrole nitrogens is 1. The minimum absolute atomic E-state index is 0.0336. The molecule has 1 heterocycles. The molecule has 0 radical (unpaired) electrons. The smallest absolute Gasteiger partial charge is 0.313 e. The van der Waals surface area contributed by atoms with E-state index in [4.69, 9.17) is 14.6 Å². The van der Waals surface area contributed by atoms with Gasteiger partial charge < -0.3 is 19.6 Å². The molecule has 0 saturated carbocycles. The van der Waals surface area contributed by atoms with Crippen molar-refractivity contribution in [3.63, 3.8) is 0 Å². The number of carbonyl (C=O) groups is 1. The van der Waals surface area contributed by atoms with Gasteiger partial charge in [-0.15, -0.1) is 0 Å². The summed E-state index contributed by atoms with van der Waals surface area (Å²) < 4.78 is 10.4. The van der Waals surface area contributed by atoms with Crippen LogP contribution >= 0.6 is 11.8 Å². The first-order valence-corrected chi connectivity index (χ1v) is 6.09. The van der Waals surface area contributed by atoms with E-state index in [1.807, 2.05) is 0 Å². The number of hydrogen-bond donors (Lipinski definition) is 2. The fraction of sp³-hybridized carbons (Fsp3) is 0.273. The largest absolute Gasteiger partial charge is 0.493 e. The third-order valence-electron chi connectivity index (χ3n) is 2.30. The number of carboxylic acids is 1. The van der Waals surface area contributed by atoms with Gasteiger partial charge in [0.25, 0.3) is 0 Å². The maximum Gasteiger partial charge on any atom is 0.313 e. The third kappa shape index (κ3) is 2.51. The molecule has 2 aromatic rings. The van der Waals surface area contributed by atoms with Crippen molar-refractivity contribution in [1.29, 1.82) is 0 Å². The molecular weight excluding hydrogens is 256 g/mol. The zero-order valence-electron chi connectivity index (χ0n) is 9.89. The van der Waals surface area contributed by atoms with E-state index in [1.54, 1.807) is 26.4 Å². The molecule has 0 amide bonds. The number of nitrogens with one attached hydrogen (secondary N) is 1. The molecule has 18 heavy (non-hydrogen) atoms. The molecule has 2 N–H and O–H groups in total. The second-order valence-electron chi connectivity index (χ2n) is 3.45. The van der Waals surface area contributed by atoms with Gasteiger partial charge in [0.2, 0.25) is 0 Å². The number of carboxylic acid groups (broad SMARTS) is 1. The number of fused-ring (bicyclic) bond motifs is 1. The van der Waals surface area contributed by atoms with Crippen LogP contribution in [0, 0.1) is 0 Å². The Morgan fingerprint density at radius 3 is 2.67 bits per heavy atom. The van der Waals surface area contributed by atoms with Crippen LogP contribution in [0.4, 0.5) is 0 Å². The van der Waals surface area contributed by atoms with E-state index in [1.165, 1.54) is 0 Å². The van der Waals surface area contributed by atoms with E-state index in [9.17, 15) is 4.79 Å². The number of imidazole rings is 1. The number of aliphatic carboxylic acids is 1. The van der Waals surface area contributed by atoms with Gasteiger partial charge in [-0.05, 0) is 0 Å². The number of nitrogens with zero attached hydrogens (tertiary/aromatic N) is 1. The lowest BCUT2D eigenvalue weighted by Gasteiger charge is -2.06. The summed E-state index contributed by atoms with van der Waals surface area (Å²) in [6.45, 7) is 0. The first-order chi connectivity index (χ1) is 8.63. The lowest BCUT2D eigenvalue weighted by molar-refractivity contribution is -0.133. The number of rotatable bonds is 5. The Balaban J connectivity index is 2.35. The number of aromatic nitrogens is 2. The quantitative estimate of drug-likeness (QED) is 0.804. The summed E-state index contributed by atoms with van der Waals surface area (Å²) in [5, 5.41) is 9.17. The zero-order valence-corrected chi connectivity index (χ0v) is 10.7. The first-order valence-electron chi connectivity index (χ1n) is 5.10. The van der Waals surface area contributed by atoms with Crippen LogP contribution < -0.4 is 9.47 Å². The second kappa shape index (κ2) is 5.18. The maximum atomic E-state index is 10.5. The van der Waals surface area contributed by atoms with Crippen LogP contribution in [0.5, 0.6) is 11.5 Å². The van der Waals surface area contributed by atoms with Gasteiger partial charge in [-0.25, -0.2) is 4.98 Å². The van der Waals surface area contributed by atoms with E-state index in [0.717, 1.165) is 17.3 Å². The van der Waals surface area contributed by atoms with Crippen molar-refractivity contribution in [3.8, 4) is 11.5 Å². The summed E-state index contributed by atoms with van der Waals surface area (Å²) in [7, 11) is 3.11. The molecule has 96 valence electrons. The minimum atomic E-state index is -0.879. The molecule has 2 rings (SSSR count). The van der Waals surface area contributed by atoms with Crippen molar-refractivity contribution < 1.29 is 19.4 Å². The average molecular weight is 268 g/mol. The third-order valence-corrected chi connectivity index (χ3v) is 3.16. The van der Waals surface area contributed by atoms with E-state index < -0.39 is 5.97 Å².